The van der Waals surface area contributed by atoms with Gasteiger partial charge in [-0.1, -0.05) is 0 Å². The Kier molecular flexibility index (Phi) is 3.47. The fourth-order valence-electron chi connectivity index (χ4n) is 1.82. The largest absolute Gasteiger partial charge is 0.368 e. The molecule has 0 spiro atoms. The molecule has 0 aromatic carbocycles. The van der Waals surface area contributed by atoms with Crippen molar-refractivity contribution in [1.82, 2.24) is 15.0 Å². The zero-order valence-electron chi connectivity index (χ0n) is 11.0. The summed E-state index contributed by atoms with van der Waals surface area (Å²) >= 11 is 1.70. The number of rotatable bonds is 3. The molecule has 0 aliphatic carbocycles. The van der Waals surface area contributed by atoms with Gasteiger partial charge in [0.15, 0.2) is 0 Å². The van der Waals surface area contributed by atoms with Crippen molar-refractivity contribution in [2.75, 3.05) is 11.1 Å². The Morgan fingerprint density at radius 3 is 2.61 bits per heavy atom. The summed E-state index contributed by atoms with van der Waals surface area (Å²) in [5.41, 5.74) is 7.65. The third kappa shape index (κ3) is 2.59. The molecule has 5 nitrogen and oxygen atoms in total. The molecular formula is C12H17N5S. The number of hydrogen-bond donors (Lipinski definition) is 2. The Morgan fingerprint density at radius 2 is 2.00 bits per heavy atom. The predicted octanol–water partition coefficient (Wildman–Crippen LogP) is 2.61. The minimum Gasteiger partial charge on any atom is -0.368 e. The SMILES string of the molecule is Cc1nc(C)c(C(C)Nc2nc(N)ncc2C)s1. The van der Waals surface area contributed by atoms with Gasteiger partial charge < -0.3 is 11.1 Å². The lowest BCUT2D eigenvalue weighted by Gasteiger charge is -2.15. The molecule has 96 valence electrons. The summed E-state index contributed by atoms with van der Waals surface area (Å²) in [5.74, 6) is 1.06. The molecule has 1 atom stereocenters. The van der Waals surface area contributed by atoms with Gasteiger partial charge in [0.1, 0.15) is 5.82 Å². The van der Waals surface area contributed by atoms with Crippen LogP contribution in [0.25, 0.3) is 0 Å². The van der Waals surface area contributed by atoms with Crippen molar-refractivity contribution in [2.45, 2.75) is 33.7 Å². The second-order valence-corrected chi connectivity index (χ2v) is 5.54. The fourth-order valence-corrected chi connectivity index (χ4v) is 2.75. The molecular weight excluding hydrogens is 246 g/mol. The first-order chi connectivity index (χ1) is 8.47. The van der Waals surface area contributed by atoms with Gasteiger partial charge >= 0.3 is 0 Å². The minimum absolute atomic E-state index is 0.157. The standard InChI is InChI=1S/C12H17N5S/c1-6-5-14-12(13)17-11(6)16-8(3)10-7(2)15-9(4)18-10/h5,8H,1-4H3,(H3,13,14,16,17). The third-order valence-electron chi connectivity index (χ3n) is 2.68. The highest BCUT2D eigenvalue weighted by molar-refractivity contribution is 7.11. The summed E-state index contributed by atoms with van der Waals surface area (Å²) in [6.07, 6.45) is 1.72. The van der Waals surface area contributed by atoms with Gasteiger partial charge in [0.2, 0.25) is 5.95 Å². The Morgan fingerprint density at radius 1 is 1.28 bits per heavy atom. The maximum absolute atomic E-state index is 5.60. The van der Waals surface area contributed by atoms with E-state index in [-0.39, 0.29) is 12.0 Å². The maximum Gasteiger partial charge on any atom is 0.221 e. The number of nitrogens with one attached hydrogen (secondary N) is 1. The quantitative estimate of drug-likeness (QED) is 0.890. The Balaban J connectivity index is 2.23. The number of nitrogen functional groups attached to an aromatic ring is 1. The van der Waals surface area contributed by atoms with Gasteiger partial charge in [0.05, 0.1) is 16.7 Å². The highest BCUT2D eigenvalue weighted by atomic mass is 32.1. The van der Waals surface area contributed by atoms with Crippen molar-refractivity contribution in [3.05, 3.63) is 27.3 Å². The lowest BCUT2D eigenvalue weighted by atomic mass is 10.2. The first-order valence-electron chi connectivity index (χ1n) is 5.77. The van der Waals surface area contributed by atoms with Gasteiger partial charge in [-0.15, -0.1) is 11.3 Å². The average molecular weight is 263 g/mol. The second kappa shape index (κ2) is 4.89. The zero-order chi connectivity index (χ0) is 13.3. The molecule has 2 rings (SSSR count). The van der Waals surface area contributed by atoms with E-state index in [4.69, 9.17) is 5.73 Å². The minimum atomic E-state index is 0.157. The lowest BCUT2D eigenvalue weighted by molar-refractivity contribution is 0.874. The zero-order valence-corrected chi connectivity index (χ0v) is 11.8. The van der Waals surface area contributed by atoms with Crippen LogP contribution in [0.2, 0.25) is 0 Å². The highest BCUT2D eigenvalue weighted by Gasteiger charge is 2.14. The Hall–Kier alpha value is -1.69. The topological polar surface area (TPSA) is 76.7 Å². The van der Waals surface area contributed by atoms with E-state index < -0.39 is 0 Å². The van der Waals surface area contributed by atoms with Crippen molar-refractivity contribution in [1.29, 1.82) is 0 Å². The molecule has 18 heavy (non-hydrogen) atoms. The summed E-state index contributed by atoms with van der Waals surface area (Å²) in [7, 11) is 0. The van der Waals surface area contributed by atoms with Crippen molar-refractivity contribution in [3.8, 4) is 0 Å². The molecule has 2 aromatic heterocycles. The van der Waals surface area contributed by atoms with Crippen LogP contribution in [-0.2, 0) is 0 Å². The van der Waals surface area contributed by atoms with Gasteiger partial charge in [-0.3, -0.25) is 0 Å². The molecule has 1 unspecified atom stereocenters. The number of aryl methyl sites for hydroxylation is 3. The molecule has 0 amide bonds. The van der Waals surface area contributed by atoms with Crippen LogP contribution < -0.4 is 11.1 Å². The van der Waals surface area contributed by atoms with Crippen LogP contribution in [0.3, 0.4) is 0 Å². The number of hydrogen-bond acceptors (Lipinski definition) is 6. The Labute approximate surface area is 111 Å². The molecule has 2 heterocycles. The molecule has 6 heteroatoms. The molecule has 2 aromatic rings. The second-order valence-electron chi connectivity index (χ2n) is 4.31. The number of thiazole rings is 1. The molecule has 0 saturated heterocycles. The summed E-state index contributed by atoms with van der Waals surface area (Å²) in [5, 5.41) is 4.44. The summed E-state index contributed by atoms with van der Waals surface area (Å²) in [6, 6.07) is 0.157. The number of nitrogens with zero attached hydrogens (tertiary/aromatic N) is 3. The lowest BCUT2D eigenvalue weighted by Crippen LogP contribution is -2.10. The van der Waals surface area contributed by atoms with Crippen LogP contribution in [0, 0.1) is 20.8 Å². The van der Waals surface area contributed by atoms with Gasteiger partial charge in [-0.05, 0) is 27.7 Å². The van der Waals surface area contributed by atoms with E-state index in [9.17, 15) is 0 Å². The molecule has 0 saturated carbocycles. The van der Waals surface area contributed by atoms with E-state index in [2.05, 4.69) is 27.2 Å². The maximum atomic E-state index is 5.60. The number of aromatic nitrogens is 3. The number of nitrogens with two attached hydrogens (primary N) is 1. The van der Waals surface area contributed by atoms with Crippen LogP contribution in [-0.4, -0.2) is 15.0 Å². The average Bonchev–Trinajstić information content (AvgIpc) is 2.63. The van der Waals surface area contributed by atoms with Crippen LogP contribution in [0.15, 0.2) is 6.20 Å². The van der Waals surface area contributed by atoms with Gasteiger partial charge in [0.25, 0.3) is 0 Å². The highest BCUT2D eigenvalue weighted by Crippen LogP contribution is 2.27. The summed E-state index contributed by atoms with van der Waals surface area (Å²) in [4.78, 5) is 13.8. The van der Waals surface area contributed by atoms with E-state index in [1.165, 1.54) is 4.88 Å². The normalized spacial score (nSPS) is 12.4. The van der Waals surface area contributed by atoms with E-state index in [0.717, 1.165) is 22.1 Å². The number of anilines is 2. The van der Waals surface area contributed by atoms with Crippen molar-refractivity contribution in [3.63, 3.8) is 0 Å². The van der Waals surface area contributed by atoms with Gasteiger partial charge in [-0.2, -0.15) is 4.98 Å². The predicted molar refractivity (Wildman–Crippen MR) is 74.8 cm³/mol. The summed E-state index contributed by atoms with van der Waals surface area (Å²) in [6.45, 7) is 8.09. The van der Waals surface area contributed by atoms with Crippen LogP contribution in [0.5, 0.6) is 0 Å². The van der Waals surface area contributed by atoms with Crippen LogP contribution in [0.1, 0.15) is 34.1 Å². The van der Waals surface area contributed by atoms with Crippen LogP contribution >= 0.6 is 11.3 Å². The fraction of sp³-hybridized carbons (Fsp3) is 0.417. The molecule has 3 N–H and O–H groups in total. The smallest absolute Gasteiger partial charge is 0.221 e. The summed E-state index contributed by atoms with van der Waals surface area (Å²) < 4.78 is 0. The first-order valence-corrected chi connectivity index (χ1v) is 6.58. The molecule has 0 radical (unpaired) electrons. The molecule has 0 aliphatic heterocycles. The van der Waals surface area contributed by atoms with E-state index >= 15 is 0 Å². The van der Waals surface area contributed by atoms with Gasteiger partial charge in [-0.25, -0.2) is 9.97 Å². The van der Waals surface area contributed by atoms with E-state index in [1.807, 2.05) is 20.8 Å². The monoisotopic (exact) mass is 263 g/mol. The Bertz CT molecular complexity index is 564. The van der Waals surface area contributed by atoms with Crippen molar-refractivity contribution < 1.29 is 0 Å². The first kappa shape index (κ1) is 12.8. The van der Waals surface area contributed by atoms with Crippen molar-refractivity contribution in [2.24, 2.45) is 0 Å². The third-order valence-corrected chi connectivity index (χ3v) is 3.93. The van der Waals surface area contributed by atoms with Gasteiger partial charge in [0, 0.05) is 16.6 Å². The van der Waals surface area contributed by atoms with E-state index in [0.29, 0.717) is 0 Å². The van der Waals surface area contributed by atoms with Crippen LogP contribution in [0.4, 0.5) is 11.8 Å². The van der Waals surface area contributed by atoms with Crippen molar-refractivity contribution >= 4 is 23.1 Å². The molecule has 0 bridgehead atoms. The molecule has 0 aliphatic rings. The molecule has 0 fully saturated rings. The van der Waals surface area contributed by atoms with E-state index in [1.54, 1.807) is 17.5 Å².